The molecule has 0 radical (unpaired) electrons. The first-order valence-electron chi connectivity index (χ1n) is 7.54. The van der Waals surface area contributed by atoms with Gasteiger partial charge in [0.2, 0.25) is 0 Å². The Kier molecular flexibility index (Phi) is 5.53. The van der Waals surface area contributed by atoms with Crippen LogP contribution in [0.4, 0.5) is 0 Å². The fourth-order valence-corrected chi connectivity index (χ4v) is 2.57. The lowest BCUT2D eigenvalue weighted by molar-refractivity contribution is 0.183. The molecule has 2 atom stereocenters. The third-order valence-corrected chi connectivity index (χ3v) is 3.85. The number of hydrogen-bond acceptors (Lipinski definition) is 4. The Morgan fingerprint density at radius 3 is 2.67 bits per heavy atom. The van der Waals surface area contributed by atoms with E-state index in [0.717, 1.165) is 36.6 Å². The van der Waals surface area contributed by atoms with Gasteiger partial charge in [-0.05, 0) is 44.7 Å². The van der Waals surface area contributed by atoms with Gasteiger partial charge in [-0.15, -0.1) is 0 Å². The van der Waals surface area contributed by atoms with E-state index in [1.54, 1.807) is 0 Å². The van der Waals surface area contributed by atoms with E-state index in [1.165, 1.54) is 0 Å². The van der Waals surface area contributed by atoms with Crippen molar-refractivity contribution in [3.63, 3.8) is 0 Å². The third-order valence-electron chi connectivity index (χ3n) is 3.85. The van der Waals surface area contributed by atoms with Gasteiger partial charge in [-0.25, -0.2) is 0 Å². The van der Waals surface area contributed by atoms with Gasteiger partial charge >= 0.3 is 0 Å². The van der Waals surface area contributed by atoms with Gasteiger partial charge in [-0.1, -0.05) is 13.0 Å². The number of rotatable bonds is 7. The van der Waals surface area contributed by atoms with Crippen LogP contribution in [0.15, 0.2) is 40.9 Å². The molecule has 21 heavy (non-hydrogen) atoms. The molecular weight excluding hydrogens is 262 g/mol. The smallest absolute Gasteiger partial charge is 0.122 e. The van der Waals surface area contributed by atoms with Crippen LogP contribution in [0.25, 0.3) is 0 Å². The van der Waals surface area contributed by atoms with Crippen molar-refractivity contribution in [2.24, 2.45) is 5.73 Å². The Bertz CT molecular complexity index is 538. The number of hydrogen-bond donors (Lipinski definition) is 1. The average Bonchev–Trinajstić information content (AvgIpc) is 2.92. The molecule has 0 aliphatic rings. The highest BCUT2D eigenvalue weighted by Crippen LogP contribution is 2.25. The first-order valence-corrected chi connectivity index (χ1v) is 7.54. The largest absolute Gasteiger partial charge is 0.465 e. The molecule has 0 spiro atoms. The van der Waals surface area contributed by atoms with Crippen LogP contribution in [0.5, 0.6) is 0 Å². The molecule has 0 aliphatic carbocycles. The molecule has 2 rings (SSSR count). The molecule has 2 N–H and O–H groups in total. The first kappa shape index (κ1) is 15.7. The van der Waals surface area contributed by atoms with Crippen LogP contribution >= 0.6 is 0 Å². The molecule has 0 saturated carbocycles. The van der Waals surface area contributed by atoms with Crippen LogP contribution in [0.1, 0.15) is 36.6 Å². The zero-order valence-electron chi connectivity index (χ0n) is 13.1. The highest BCUT2D eigenvalue weighted by atomic mass is 16.3. The fraction of sp³-hybridized carbons (Fsp3) is 0.471. The second-order valence-corrected chi connectivity index (χ2v) is 5.52. The predicted molar refractivity (Wildman–Crippen MR) is 85.0 cm³/mol. The number of furan rings is 1. The van der Waals surface area contributed by atoms with E-state index >= 15 is 0 Å². The summed E-state index contributed by atoms with van der Waals surface area (Å²) in [7, 11) is 2.10. The lowest BCUT2D eigenvalue weighted by atomic mass is 10.0. The molecule has 0 fully saturated rings. The van der Waals surface area contributed by atoms with E-state index in [2.05, 4.69) is 29.9 Å². The Morgan fingerprint density at radius 2 is 2.10 bits per heavy atom. The Balaban J connectivity index is 2.06. The molecule has 0 aliphatic heterocycles. The Morgan fingerprint density at radius 1 is 1.29 bits per heavy atom. The van der Waals surface area contributed by atoms with Crippen molar-refractivity contribution >= 4 is 0 Å². The van der Waals surface area contributed by atoms with Crippen LogP contribution < -0.4 is 5.73 Å². The monoisotopic (exact) mass is 287 g/mol. The number of aryl methyl sites for hydroxylation is 1. The molecule has 2 unspecified atom stereocenters. The number of nitrogens with zero attached hydrogens (tertiary/aromatic N) is 2. The van der Waals surface area contributed by atoms with E-state index in [0.29, 0.717) is 0 Å². The van der Waals surface area contributed by atoms with Crippen molar-refractivity contribution in [2.45, 2.75) is 38.8 Å². The van der Waals surface area contributed by atoms with Crippen molar-refractivity contribution in [1.82, 2.24) is 9.88 Å². The van der Waals surface area contributed by atoms with Crippen molar-refractivity contribution in [3.05, 3.63) is 53.7 Å². The van der Waals surface area contributed by atoms with E-state index in [1.807, 2.05) is 37.4 Å². The average molecular weight is 287 g/mol. The summed E-state index contributed by atoms with van der Waals surface area (Å²) in [6, 6.07) is 10.2. The maximum atomic E-state index is 6.31. The molecule has 2 aromatic rings. The number of pyridine rings is 1. The van der Waals surface area contributed by atoms with Gasteiger partial charge in [0, 0.05) is 30.9 Å². The second-order valence-electron chi connectivity index (χ2n) is 5.52. The minimum atomic E-state index is 0.0595. The normalized spacial score (nSPS) is 14.3. The molecule has 2 heterocycles. The molecule has 0 bridgehead atoms. The van der Waals surface area contributed by atoms with Gasteiger partial charge in [0.1, 0.15) is 11.5 Å². The van der Waals surface area contributed by atoms with Gasteiger partial charge in [-0.3, -0.25) is 9.88 Å². The molecule has 0 saturated heterocycles. The van der Waals surface area contributed by atoms with Crippen molar-refractivity contribution in [3.8, 4) is 0 Å². The van der Waals surface area contributed by atoms with Crippen LogP contribution in [0.2, 0.25) is 0 Å². The van der Waals surface area contributed by atoms with E-state index in [9.17, 15) is 0 Å². The summed E-state index contributed by atoms with van der Waals surface area (Å²) in [6.45, 7) is 4.97. The lowest BCUT2D eigenvalue weighted by Gasteiger charge is -2.30. The summed E-state index contributed by atoms with van der Waals surface area (Å²) in [5, 5.41) is 0. The maximum Gasteiger partial charge on any atom is 0.122 e. The Labute approximate surface area is 127 Å². The SMILES string of the molecule is CCC(N)C(c1ccc(C)o1)N(C)CCc1ccccn1. The summed E-state index contributed by atoms with van der Waals surface area (Å²) in [5.74, 6) is 1.88. The van der Waals surface area contributed by atoms with Gasteiger partial charge < -0.3 is 10.2 Å². The molecule has 0 amide bonds. The van der Waals surface area contributed by atoms with Gasteiger partial charge in [0.25, 0.3) is 0 Å². The topological polar surface area (TPSA) is 55.3 Å². The minimum absolute atomic E-state index is 0.0595. The molecule has 2 aromatic heterocycles. The molecule has 4 nitrogen and oxygen atoms in total. The highest BCUT2D eigenvalue weighted by molar-refractivity contribution is 5.12. The Hall–Kier alpha value is -1.65. The summed E-state index contributed by atoms with van der Waals surface area (Å²) < 4.78 is 5.80. The molecule has 4 heteroatoms. The molecule has 114 valence electrons. The highest BCUT2D eigenvalue weighted by Gasteiger charge is 2.25. The number of nitrogens with two attached hydrogens (primary N) is 1. The van der Waals surface area contributed by atoms with Crippen molar-refractivity contribution < 1.29 is 4.42 Å². The summed E-state index contributed by atoms with van der Waals surface area (Å²) >= 11 is 0. The summed E-state index contributed by atoms with van der Waals surface area (Å²) in [4.78, 5) is 6.64. The third kappa shape index (κ3) is 4.16. The van der Waals surface area contributed by atoms with Crippen LogP contribution in [0.3, 0.4) is 0 Å². The van der Waals surface area contributed by atoms with Gasteiger partial charge in [0.15, 0.2) is 0 Å². The van der Waals surface area contributed by atoms with Crippen molar-refractivity contribution in [2.75, 3.05) is 13.6 Å². The van der Waals surface area contributed by atoms with E-state index in [-0.39, 0.29) is 12.1 Å². The summed E-state index contributed by atoms with van der Waals surface area (Å²) in [5.41, 5.74) is 7.41. The predicted octanol–water partition coefficient (Wildman–Crippen LogP) is 2.94. The lowest BCUT2D eigenvalue weighted by Crippen LogP contribution is -2.39. The quantitative estimate of drug-likeness (QED) is 0.850. The van der Waals surface area contributed by atoms with Gasteiger partial charge in [-0.2, -0.15) is 0 Å². The fourth-order valence-electron chi connectivity index (χ4n) is 2.57. The molecular formula is C17H25N3O. The van der Waals surface area contributed by atoms with E-state index in [4.69, 9.17) is 10.2 Å². The zero-order valence-corrected chi connectivity index (χ0v) is 13.1. The summed E-state index contributed by atoms with van der Waals surface area (Å²) in [6.07, 6.45) is 3.66. The molecule has 0 aromatic carbocycles. The van der Waals surface area contributed by atoms with Crippen LogP contribution in [0, 0.1) is 6.92 Å². The number of aromatic nitrogens is 1. The first-order chi connectivity index (χ1) is 10.1. The van der Waals surface area contributed by atoms with Crippen LogP contribution in [-0.2, 0) is 6.42 Å². The second kappa shape index (κ2) is 7.38. The standard InChI is InChI=1S/C17H25N3O/c1-4-15(18)17(16-9-8-13(2)21-16)20(3)12-10-14-7-5-6-11-19-14/h5-9,11,15,17H,4,10,12,18H2,1-3H3. The van der Waals surface area contributed by atoms with Crippen molar-refractivity contribution in [1.29, 1.82) is 0 Å². The van der Waals surface area contributed by atoms with E-state index < -0.39 is 0 Å². The van der Waals surface area contributed by atoms with Crippen LogP contribution in [-0.4, -0.2) is 29.5 Å². The number of likely N-dealkylation sites (N-methyl/N-ethyl adjacent to an activating group) is 1. The zero-order chi connectivity index (χ0) is 15.2. The van der Waals surface area contributed by atoms with Gasteiger partial charge in [0.05, 0.1) is 6.04 Å². The minimum Gasteiger partial charge on any atom is -0.465 e. The maximum absolute atomic E-state index is 6.31.